The van der Waals surface area contributed by atoms with Gasteiger partial charge in [0.05, 0.1) is 47.8 Å². The van der Waals surface area contributed by atoms with Crippen LogP contribution in [-0.2, 0) is 10.8 Å². The molecular formula is C68H57BrCl4N4. The highest BCUT2D eigenvalue weighted by Gasteiger charge is 2.21. The third-order valence-corrected chi connectivity index (χ3v) is 16.2. The van der Waals surface area contributed by atoms with E-state index in [4.69, 9.17) is 46.4 Å². The van der Waals surface area contributed by atoms with Crippen LogP contribution in [0.3, 0.4) is 0 Å². The Bertz CT molecular complexity index is 3930. The molecule has 9 heteroatoms. The number of aromatic nitrogens is 2. The molecule has 4 nitrogen and oxygen atoms in total. The van der Waals surface area contributed by atoms with E-state index < -0.39 is 0 Å². The van der Waals surface area contributed by atoms with Gasteiger partial charge in [-0.25, -0.2) is 0 Å². The Morgan fingerprint density at radius 1 is 0.377 bits per heavy atom. The van der Waals surface area contributed by atoms with E-state index in [1.54, 1.807) is 6.07 Å². The van der Waals surface area contributed by atoms with E-state index in [0.717, 1.165) is 44.3 Å². The van der Waals surface area contributed by atoms with Crippen molar-refractivity contribution in [2.24, 2.45) is 0 Å². The van der Waals surface area contributed by atoms with Gasteiger partial charge in [-0.2, -0.15) is 0 Å². The van der Waals surface area contributed by atoms with Gasteiger partial charge in [0.1, 0.15) is 0 Å². The molecule has 0 saturated heterocycles. The van der Waals surface area contributed by atoms with Gasteiger partial charge in [0, 0.05) is 60.1 Å². The van der Waals surface area contributed by atoms with Crippen LogP contribution in [0.5, 0.6) is 0 Å². The second-order valence-corrected chi connectivity index (χ2v) is 23.4. The molecule has 0 aliphatic carbocycles. The van der Waals surface area contributed by atoms with Crippen molar-refractivity contribution in [3.05, 3.63) is 266 Å². The van der Waals surface area contributed by atoms with Crippen LogP contribution in [0.1, 0.15) is 52.7 Å². The molecule has 384 valence electrons. The Morgan fingerprint density at radius 2 is 0.792 bits per heavy atom. The fraction of sp³-hybridized carbons (Fsp3) is 0.118. The van der Waals surface area contributed by atoms with Crippen LogP contribution in [0, 0.1) is 0 Å². The van der Waals surface area contributed by atoms with Gasteiger partial charge in [0.2, 0.25) is 0 Å². The summed E-state index contributed by atoms with van der Waals surface area (Å²) < 4.78 is 5.50. The van der Waals surface area contributed by atoms with Crippen LogP contribution < -0.4 is 10.2 Å². The molecule has 0 saturated carbocycles. The Morgan fingerprint density at radius 3 is 1.26 bits per heavy atom. The number of nitrogens with one attached hydrogen (secondary N) is 1. The summed E-state index contributed by atoms with van der Waals surface area (Å²) in [5.74, 6) is 0. The topological polar surface area (TPSA) is 25.1 Å². The standard InChI is InChI=1S/C34H28Cl2N2.C28H26N2.C6H3BrCl2/c1-34(2,3)23-18-20-24(21-19-23)37(32-17-9-14-29(35)33(32)36)25-10-8-11-26(22-25)38-30-15-6-4-12-27(30)28-13-5-7-16-31(28)38;1-28(2,3)20-15-17-21(18-16-20)29-22-9-8-10-23(19-22)30-26-13-6-4-11-24(26)25-12-5-7-14-27(25)30;7-4-2-1-3-5(8)6(4)9/h4-22H,1-3H3;4-19,29H,1-3H3;1-3H. The van der Waals surface area contributed by atoms with Crippen molar-refractivity contribution in [2.45, 2.75) is 52.4 Å². The van der Waals surface area contributed by atoms with Gasteiger partial charge < -0.3 is 19.4 Å². The van der Waals surface area contributed by atoms with Gasteiger partial charge in [-0.1, -0.05) is 209 Å². The molecule has 0 unspecified atom stereocenters. The number of halogens is 5. The van der Waals surface area contributed by atoms with Gasteiger partial charge in [0.25, 0.3) is 0 Å². The van der Waals surface area contributed by atoms with Crippen LogP contribution in [0.15, 0.2) is 235 Å². The first-order chi connectivity index (χ1) is 37.0. The molecule has 0 aliphatic rings. The molecule has 0 bridgehead atoms. The first kappa shape index (κ1) is 53.4. The average Bonchev–Trinajstić information content (AvgIpc) is 3.98. The SMILES string of the molecule is CC(C)(C)c1ccc(N(c2cccc(-n3c4ccccc4c4ccccc43)c2)c2cccc(Cl)c2Cl)cc1.CC(C)(C)c1ccc(Nc2cccc(-n3c4ccccc4c4ccccc43)c2)cc1.Clc1cccc(Br)c1Cl. The van der Waals surface area contributed by atoms with Crippen LogP contribution >= 0.6 is 62.3 Å². The molecule has 77 heavy (non-hydrogen) atoms. The number of nitrogens with zero attached hydrogens (tertiary/aromatic N) is 3. The summed E-state index contributed by atoms with van der Waals surface area (Å²) in [5, 5.41) is 10.8. The lowest BCUT2D eigenvalue weighted by molar-refractivity contribution is 0.590. The summed E-state index contributed by atoms with van der Waals surface area (Å²) in [5.41, 5.74) is 14.9. The van der Waals surface area contributed by atoms with Crippen molar-refractivity contribution in [1.29, 1.82) is 0 Å². The fourth-order valence-electron chi connectivity index (χ4n) is 9.80. The summed E-state index contributed by atoms with van der Waals surface area (Å²) in [4.78, 5) is 2.18. The summed E-state index contributed by atoms with van der Waals surface area (Å²) in [6.07, 6.45) is 0. The molecule has 1 N–H and O–H groups in total. The third kappa shape index (κ3) is 11.4. The quantitative estimate of drug-likeness (QED) is 0.161. The fourth-order valence-corrected chi connectivity index (χ4v) is 11.0. The van der Waals surface area contributed by atoms with E-state index >= 15 is 0 Å². The number of fused-ring (bicyclic) bond motifs is 6. The highest BCUT2D eigenvalue weighted by molar-refractivity contribution is 9.10. The van der Waals surface area contributed by atoms with Gasteiger partial charge >= 0.3 is 0 Å². The second-order valence-electron chi connectivity index (χ2n) is 21.0. The van der Waals surface area contributed by atoms with Crippen LogP contribution in [0.4, 0.5) is 28.4 Å². The number of hydrogen-bond donors (Lipinski definition) is 1. The Kier molecular flexibility index (Phi) is 15.7. The minimum atomic E-state index is 0.0630. The van der Waals surface area contributed by atoms with Gasteiger partial charge in [-0.3, -0.25) is 0 Å². The molecule has 0 spiro atoms. The highest BCUT2D eigenvalue weighted by atomic mass is 79.9. The minimum absolute atomic E-state index is 0.0630. The minimum Gasteiger partial charge on any atom is -0.355 e. The van der Waals surface area contributed by atoms with Crippen molar-refractivity contribution < 1.29 is 0 Å². The Labute approximate surface area is 480 Å². The molecular weight excluding hydrogens is 1090 g/mol. The smallest absolute Gasteiger partial charge is 0.0832 e. The zero-order valence-electron chi connectivity index (χ0n) is 43.7. The third-order valence-electron chi connectivity index (χ3n) is 13.7. The first-order valence-corrected chi connectivity index (χ1v) is 27.8. The lowest BCUT2D eigenvalue weighted by atomic mass is 9.87. The summed E-state index contributed by atoms with van der Waals surface area (Å²) in [6, 6.07) is 80.2. The van der Waals surface area contributed by atoms with E-state index in [1.165, 1.54) is 54.7 Å². The maximum absolute atomic E-state index is 6.81. The predicted molar refractivity (Wildman–Crippen MR) is 338 cm³/mol. The molecule has 12 aromatic rings. The highest BCUT2D eigenvalue weighted by Crippen LogP contribution is 2.43. The average molecular weight is 1150 g/mol. The van der Waals surface area contributed by atoms with Crippen molar-refractivity contribution >= 4 is 134 Å². The molecule has 0 amide bonds. The van der Waals surface area contributed by atoms with Crippen LogP contribution in [0.25, 0.3) is 55.0 Å². The lowest BCUT2D eigenvalue weighted by Crippen LogP contribution is -2.13. The summed E-state index contributed by atoms with van der Waals surface area (Å²) in [6.45, 7) is 13.4. The van der Waals surface area contributed by atoms with Crippen molar-refractivity contribution in [3.8, 4) is 11.4 Å². The molecule has 12 rings (SSSR count). The molecule has 0 atom stereocenters. The predicted octanol–water partition coefficient (Wildman–Crippen LogP) is 22.4. The lowest BCUT2D eigenvalue weighted by Gasteiger charge is -2.28. The molecule has 0 radical (unpaired) electrons. The maximum atomic E-state index is 6.81. The normalized spacial score (nSPS) is 11.6. The monoisotopic (exact) mass is 1150 g/mol. The zero-order valence-corrected chi connectivity index (χ0v) is 48.3. The van der Waals surface area contributed by atoms with E-state index in [1.807, 2.05) is 30.3 Å². The number of hydrogen-bond acceptors (Lipinski definition) is 2. The Hall–Kier alpha value is -6.96. The van der Waals surface area contributed by atoms with Crippen molar-refractivity contribution in [1.82, 2.24) is 9.13 Å². The number of rotatable bonds is 7. The number of benzene rings is 10. The Balaban J connectivity index is 0.000000153. The largest absolute Gasteiger partial charge is 0.355 e. The van der Waals surface area contributed by atoms with Crippen molar-refractivity contribution in [3.63, 3.8) is 0 Å². The van der Waals surface area contributed by atoms with Crippen LogP contribution in [-0.4, -0.2) is 9.13 Å². The maximum Gasteiger partial charge on any atom is 0.0832 e. The van der Waals surface area contributed by atoms with Crippen LogP contribution in [0.2, 0.25) is 20.1 Å². The molecule has 0 aliphatic heterocycles. The van der Waals surface area contributed by atoms with Crippen molar-refractivity contribution in [2.75, 3.05) is 10.2 Å². The zero-order chi connectivity index (χ0) is 54.0. The van der Waals surface area contributed by atoms with Gasteiger partial charge in [0.15, 0.2) is 0 Å². The summed E-state index contributed by atoms with van der Waals surface area (Å²) >= 11 is 27.9. The number of para-hydroxylation sites is 4. The van der Waals surface area contributed by atoms with E-state index in [9.17, 15) is 0 Å². The summed E-state index contributed by atoms with van der Waals surface area (Å²) in [7, 11) is 0. The van der Waals surface area contributed by atoms with Gasteiger partial charge in [-0.05, 0) is 147 Å². The van der Waals surface area contributed by atoms with E-state index in [2.05, 4.69) is 271 Å². The number of anilines is 5. The first-order valence-electron chi connectivity index (χ1n) is 25.5. The second kappa shape index (κ2) is 22.6. The molecule has 2 heterocycles. The molecule has 0 fully saturated rings. The molecule has 10 aromatic carbocycles. The van der Waals surface area contributed by atoms with E-state index in [-0.39, 0.29) is 10.8 Å². The van der Waals surface area contributed by atoms with E-state index in [0.29, 0.717) is 20.1 Å². The van der Waals surface area contributed by atoms with Gasteiger partial charge in [-0.15, -0.1) is 0 Å². The molecule has 2 aromatic heterocycles.